The van der Waals surface area contributed by atoms with Gasteiger partial charge >= 0.3 is 0 Å². The fourth-order valence-corrected chi connectivity index (χ4v) is 4.42. The third-order valence-corrected chi connectivity index (χ3v) is 5.98. The predicted octanol–water partition coefficient (Wildman–Crippen LogP) is 3.28. The molecule has 2 rings (SSSR count). The summed E-state index contributed by atoms with van der Waals surface area (Å²) in [5, 5.41) is 0. The first-order valence-electron chi connectivity index (χ1n) is 8.26. The van der Waals surface area contributed by atoms with Crippen LogP contribution in [0.4, 0.5) is 0 Å². The van der Waals surface area contributed by atoms with E-state index in [0.717, 1.165) is 11.8 Å². The lowest BCUT2D eigenvalue weighted by molar-refractivity contribution is 0.0548. The molecule has 0 amide bonds. The molecule has 1 atom stereocenters. The van der Waals surface area contributed by atoms with Crippen LogP contribution in [0.2, 0.25) is 0 Å². The zero-order valence-electron chi connectivity index (χ0n) is 12.9. The van der Waals surface area contributed by atoms with Crippen molar-refractivity contribution in [3.8, 4) is 0 Å². The van der Waals surface area contributed by atoms with Gasteiger partial charge < -0.3 is 0 Å². The Hall–Kier alpha value is 0.270. The maximum absolute atomic E-state index is 4.72. The van der Waals surface area contributed by atoms with Crippen molar-refractivity contribution >= 4 is 12.6 Å². The van der Waals surface area contributed by atoms with E-state index in [1.807, 2.05) is 0 Å². The van der Waals surface area contributed by atoms with Gasteiger partial charge in [-0.3, -0.25) is 9.80 Å². The van der Waals surface area contributed by atoms with Gasteiger partial charge in [0, 0.05) is 32.2 Å². The number of thiol groups is 1. The fourth-order valence-electron chi connectivity index (χ4n) is 4.00. The van der Waals surface area contributed by atoms with Crippen LogP contribution >= 0.6 is 12.6 Å². The standard InChI is InChI=1S/C16H32N2S/c1-3-18-11-10-17(12-15(18)2)13-16(14-19)8-6-4-5-7-9-16/h15,19H,3-14H2,1-2H3. The summed E-state index contributed by atoms with van der Waals surface area (Å²) in [7, 11) is 0. The number of nitrogens with zero attached hydrogens (tertiary/aromatic N) is 2. The Kier molecular flexibility index (Phi) is 6.04. The monoisotopic (exact) mass is 284 g/mol. The summed E-state index contributed by atoms with van der Waals surface area (Å²) in [5.41, 5.74) is 0.508. The largest absolute Gasteiger partial charge is 0.300 e. The SMILES string of the molecule is CCN1CCN(CC2(CS)CCCCCC2)CC1C. The van der Waals surface area contributed by atoms with Gasteiger partial charge in [0.05, 0.1) is 0 Å². The summed E-state index contributed by atoms with van der Waals surface area (Å²) in [6.07, 6.45) is 8.53. The average molecular weight is 285 g/mol. The average Bonchev–Trinajstić information content (AvgIpc) is 2.65. The molecule has 0 N–H and O–H groups in total. The lowest BCUT2D eigenvalue weighted by atomic mass is 9.81. The third-order valence-electron chi connectivity index (χ3n) is 5.31. The minimum Gasteiger partial charge on any atom is -0.300 e. The molecule has 0 aromatic carbocycles. The third kappa shape index (κ3) is 4.12. The lowest BCUT2D eigenvalue weighted by Crippen LogP contribution is -2.54. The Bertz CT molecular complexity index is 261. The summed E-state index contributed by atoms with van der Waals surface area (Å²) < 4.78 is 0. The van der Waals surface area contributed by atoms with Gasteiger partial charge in [-0.05, 0) is 37.5 Å². The molecule has 19 heavy (non-hydrogen) atoms. The van der Waals surface area contributed by atoms with Gasteiger partial charge in [-0.1, -0.05) is 32.6 Å². The van der Waals surface area contributed by atoms with Crippen LogP contribution in [-0.4, -0.2) is 54.3 Å². The van der Waals surface area contributed by atoms with Gasteiger partial charge in [0.15, 0.2) is 0 Å². The molecule has 3 heteroatoms. The molecule has 0 spiro atoms. The number of rotatable bonds is 4. The Morgan fingerprint density at radius 3 is 2.32 bits per heavy atom. The van der Waals surface area contributed by atoms with Crippen molar-refractivity contribution in [1.29, 1.82) is 0 Å². The number of piperazine rings is 1. The van der Waals surface area contributed by atoms with Gasteiger partial charge in [0.2, 0.25) is 0 Å². The minimum absolute atomic E-state index is 0.508. The van der Waals surface area contributed by atoms with Crippen molar-refractivity contribution in [2.75, 3.05) is 38.5 Å². The van der Waals surface area contributed by atoms with Crippen LogP contribution in [0.15, 0.2) is 0 Å². The highest BCUT2D eigenvalue weighted by atomic mass is 32.1. The molecule has 1 unspecified atom stereocenters. The van der Waals surface area contributed by atoms with Crippen LogP contribution in [0.1, 0.15) is 52.4 Å². The van der Waals surface area contributed by atoms with Crippen LogP contribution in [0.25, 0.3) is 0 Å². The summed E-state index contributed by atoms with van der Waals surface area (Å²) in [4.78, 5) is 5.33. The Morgan fingerprint density at radius 2 is 1.79 bits per heavy atom. The molecule has 1 saturated carbocycles. The second kappa shape index (κ2) is 7.33. The van der Waals surface area contributed by atoms with E-state index in [-0.39, 0.29) is 0 Å². The first-order valence-corrected chi connectivity index (χ1v) is 8.89. The van der Waals surface area contributed by atoms with E-state index in [1.54, 1.807) is 0 Å². The van der Waals surface area contributed by atoms with Gasteiger partial charge in [0.25, 0.3) is 0 Å². The van der Waals surface area contributed by atoms with Crippen LogP contribution in [-0.2, 0) is 0 Å². The molecule has 2 fully saturated rings. The first-order chi connectivity index (χ1) is 9.19. The predicted molar refractivity (Wildman–Crippen MR) is 87.1 cm³/mol. The van der Waals surface area contributed by atoms with Gasteiger partial charge in [-0.2, -0.15) is 12.6 Å². The second-order valence-electron chi connectivity index (χ2n) is 6.79. The van der Waals surface area contributed by atoms with E-state index in [4.69, 9.17) is 12.6 Å². The quantitative estimate of drug-likeness (QED) is 0.625. The zero-order valence-corrected chi connectivity index (χ0v) is 13.8. The molecular weight excluding hydrogens is 252 g/mol. The molecule has 0 aromatic heterocycles. The van der Waals surface area contributed by atoms with E-state index in [1.165, 1.54) is 71.2 Å². The van der Waals surface area contributed by atoms with Crippen molar-refractivity contribution < 1.29 is 0 Å². The molecule has 2 aliphatic rings. The molecular formula is C16H32N2S. The highest BCUT2D eigenvalue weighted by Gasteiger charge is 2.33. The summed E-state index contributed by atoms with van der Waals surface area (Å²) >= 11 is 4.72. The van der Waals surface area contributed by atoms with Crippen LogP contribution in [0.5, 0.6) is 0 Å². The van der Waals surface area contributed by atoms with E-state index in [0.29, 0.717) is 5.41 Å². The van der Waals surface area contributed by atoms with Crippen molar-refractivity contribution in [2.24, 2.45) is 5.41 Å². The summed E-state index contributed by atoms with van der Waals surface area (Å²) in [5.74, 6) is 1.08. The Balaban J connectivity index is 1.91. The molecule has 1 aliphatic carbocycles. The van der Waals surface area contributed by atoms with Crippen molar-refractivity contribution in [3.63, 3.8) is 0 Å². The van der Waals surface area contributed by atoms with E-state index < -0.39 is 0 Å². The van der Waals surface area contributed by atoms with Crippen molar-refractivity contribution in [3.05, 3.63) is 0 Å². The molecule has 1 saturated heterocycles. The Morgan fingerprint density at radius 1 is 1.11 bits per heavy atom. The molecule has 112 valence electrons. The number of hydrogen-bond donors (Lipinski definition) is 1. The van der Waals surface area contributed by atoms with Gasteiger partial charge in [0.1, 0.15) is 0 Å². The minimum atomic E-state index is 0.508. The van der Waals surface area contributed by atoms with E-state index >= 15 is 0 Å². The highest BCUT2D eigenvalue weighted by molar-refractivity contribution is 7.80. The van der Waals surface area contributed by atoms with Gasteiger partial charge in [-0.15, -0.1) is 0 Å². The van der Waals surface area contributed by atoms with Crippen molar-refractivity contribution in [1.82, 2.24) is 9.80 Å². The molecule has 2 nitrogen and oxygen atoms in total. The molecule has 1 aliphatic heterocycles. The smallest absolute Gasteiger partial charge is 0.0195 e. The van der Waals surface area contributed by atoms with E-state index in [2.05, 4.69) is 23.6 Å². The maximum Gasteiger partial charge on any atom is 0.0195 e. The summed E-state index contributed by atoms with van der Waals surface area (Å²) in [6.45, 7) is 10.9. The zero-order chi connectivity index (χ0) is 13.7. The maximum atomic E-state index is 4.72. The molecule has 0 bridgehead atoms. The lowest BCUT2D eigenvalue weighted by Gasteiger charge is -2.44. The first kappa shape index (κ1) is 15.7. The molecule has 0 radical (unpaired) electrons. The highest BCUT2D eigenvalue weighted by Crippen LogP contribution is 2.37. The van der Waals surface area contributed by atoms with Crippen LogP contribution in [0, 0.1) is 5.41 Å². The molecule has 0 aromatic rings. The van der Waals surface area contributed by atoms with Crippen LogP contribution in [0.3, 0.4) is 0 Å². The van der Waals surface area contributed by atoms with Crippen molar-refractivity contribution in [2.45, 2.75) is 58.4 Å². The molecule has 1 heterocycles. The van der Waals surface area contributed by atoms with Gasteiger partial charge in [-0.25, -0.2) is 0 Å². The summed E-state index contributed by atoms with van der Waals surface area (Å²) in [6, 6.07) is 0.724. The van der Waals surface area contributed by atoms with E-state index in [9.17, 15) is 0 Å². The normalized spacial score (nSPS) is 30.2. The Labute approximate surface area is 125 Å². The number of hydrogen-bond acceptors (Lipinski definition) is 3. The van der Waals surface area contributed by atoms with Crippen LogP contribution < -0.4 is 0 Å². The fraction of sp³-hybridized carbons (Fsp3) is 1.00. The topological polar surface area (TPSA) is 6.48 Å². The second-order valence-corrected chi connectivity index (χ2v) is 7.10. The number of likely N-dealkylation sites (N-methyl/N-ethyl adjacent to an activating group) is 1.